The average Bonchev–Trinajstić information content (AvgIpc) is 2.77. The Labute approximate surface area is 189 Å². The summed E-state index contributed by atoms with van der Waals surface area (Å²) >= 11 is 0. The van der Waals surface area contributed by atoms with Gasteiger partial charge in [-0.3, -0.25) is 9.59 Å². The maximum absolute atomic E-state index is 12.0. The summed E-state index contributed by atoms with van der Waals surface area (Å²) in [7, 11) is 0. The van der Waals surface area contributed by atoms with Crippen LogP contribution in [-0.4, -0.2) is 25.0 Å². The van der Waals surface area contributed by atoms with Crippen LogP contribution in [0, 0.1) is 0 Å². The number of nitrogens with two attached hydrogens (primary N) is 1. The molecule has 3 N–H and O–H groups in total. The highest BCUT2D eigenvalue weighted by Gasteiger charge is 2.05. The van der Waals surface area contributed by atoms with Gasteiger partial charge in [0.15, 0.2) is 0 Å². The molecule has 2 amide bonds. The van der Waals surface area contributed by atoms with Gasteiger partial charge in [0, 0.05) is 18.5 Å². The van der Waals surface area contributed by atoms with Gasteiger partial charge >= 0.3 is 0 Å². The summed E-state index contributed by atoms with van der Waals surface area (Å²) in [4.78, 5) is 22.7. The van der Waals surface area contributed by atoms with E-state index in [1.807, 2.05) is 12.1 Å². The van der Waals surface area contributed by atoms with Crippen LogP contribution >= 0.6 is 0 Å². The van der Waals surface area contributed by atoms with Crippen LogP contribution in [0.3, 0.4) is 0 Å². The van der Waals surface area contributed by atoms with E-state index in [0.29, 0.717) is 18.5 Å². The molecule has 0 spiro atoms. The second-order valence-electron chi connectivity index (χ2n) is 8.44. The molecule has 0 saturated heterocycles. The van der Waals surface area contributed by atoms with Crippen molar-refractivity contribution in [3.05, 3.63) is 29.8 Å². The van der Waals surface area contributed by atoms with E-state index in [-0.39, 0.29) is 18.2 Å². The van der Waals surface area contributed by atoms with Gasteiger partial charge < -0.3 is 15.8 Å². The lowest BCUT2D eigenvalue weighted by molar-refractivity contribution is -0.118. The lowest BCUT2D eigenvalue weighted by Crippen LogP contribution is -2.25. The van der Waals surface area contributed by atoms with Crippen molar-refractivity contribution in [2.24, 2.45) is 5.73 Å². The molecule has 0 saturated carbocycles. The molecule has 0 aliphatic heterocycles. The van der Waals surface area contributed by atoms with Crippen LogP contribution in [0.5, 0.6) is 5.75 Å². The largest absolute Gasteiger partial charge is 0.494 e. The monoisotopic (exact) mass is 432 g/mol. The van der Waals surface area contributed by atoms with Crippen molar-refractivity contribution in [3.63, 3.8) is 0 Å². The minimum absolute atomic E-state index is 0.146. The molecule has 31 heavy (non-hydrogen) atoms. The van der Waals surface area contributed by atoms with E-state index in [2.05, 4.69) is 12.2 Å². The number of hydrogen-bond donors (Lipinski definition) is 2. The molecular weight excluding hydrogens is 388 g/mol. The number of rotatable bonds is 20. The molecule has 0 aliphatic carbocycles. The lowest BCUT2D eigenvalue weighted by Gasteiger charge is -2.08. The van der Waals surface area contributed by atoms with Crippen molar-refractivity contribution in [1.82, 2.24) is 5.32 Å². The average molecular weight is 433 g/mol. The summed E-state index contributed by atoms with van der Waals surface area (Å²) in [5.41, 5.74) is 5.67. The molecule has 5 heteroatoms. The van der Waals surface area contributed by atoms with Crippen molar-refractivity contribution in [2.75, 3.05) is 13.2 Å². The first-order valence-corrected chi connectivity index (χ1v) is 12.4. The van der Waals surface area contributed by atoms with Gasteiger partial charge in [0.2, 0.25) is 5.91 Å². The highest BCUT2D eigenvalue weighted by molar-refractivity contribution is 5.94. The predicted molar refractivity (Wildman–Crippen MR) is 128 cm³/mol. The first-order valence-electron chi connectivity index (χ1n) is 12.4. The van der Waals surface area contributed by atoms with E-state index in [1.54, 1.807) is 12.1 Å². The molecule has 5 nitrogen and oxygen atoms in total. The number of carbonyl (C=O) groups excluding carboxylic acids is 2. The van der Waals surface area contributed by atoms with Crippen molar-refractivity contribution in [1.29, 1.82) is 0 Å². The zero-order chi connectivity index (χ0) is 22.6. The standard InChI is InChI=1S/C26H44N2O3/c1-2-3-4-5-6-7-8-9-10-11-12-13-14-22-31-24-19-17-23(18-20-24)26(30)28-21-15-16-25(27)29/h17-20H,2-16,21-22H2,1H3,(H2,27,29)(H,28,30). The van der Waals surface area contributed by atoms with Gasteiger partial charge in [-0.05, 0) is 37.1 Å². The third-order valence-electron chi connectivity index (χ3n) is 5.52. The molecular formula is C26H44N2O3. The minimum atomic E-state index is -0.348. The number of nitrogens with one attached hydrogen (secondary N) is 1. The van der Waals surface area contributed by atoms with Crippen LogP contribution in [0.4, 0.5) is 0 Å². The van der Waals surface area contributed by atoms with E-state index in [4.69, 9.17) is 10.5 Å². The predicted octanol–water partition coefficient (Wildman–Crippen LogP) is 6.15. The second kappa shape index (κ2) is 18.7. The van der Waals surface area contributed by atoms with Gasteiger partial charge in [0.1, 0.15) is 5.75 Å². The fourth-order valence-electron chi connectivity index (χ4n) is 3.58. The molecule has 0 bridgehead atoms. The number of primary amides is 1. The smallest absolute Gasteiger partial charge is 0.251 e. The molecule has 0 unspecified atom stereocenters. The van der Waals surface area contributed by atoms with Crippen LogP contribution in [0.25, 0.3) is 0 Å². The molecule has 0 aromatic heterocycles. The maximum atomic E-state index is 12.0. The van der Waals surface area contributed by atoms with Crippen molar-refractivity contribution < 1.29 is 14.3 Å². The van der Waals surface area contributed by atoms with Crippen LogP contribution in [0.2, 0.25) is 0 Å². The number of unbranched alkanes of at least 4 members (excludes halogenated alkanes) is 12. The van der Waals surface area contributed by atoms with Crippen molar-refractivity contribution in [2.45, 2.75) is 103 Å². The highest BCUT2D eigenvalue weighted by atomic mass is 16.5. The fraction of sp³-hybridized carbons (Fsp3) is 0.692. The molecule has 0 radical (unpaired) electrons. The second-order valence-corrected chi connectivity index (χ2v) is 8.44. The van der Waals surface area contributed by atoms with Gasteiger partial charge in [-0.2, -0.15) is 0 Å². The van der Waals surface area contributed by atoms with Crippen molar-refractivity contribution in [3.8, 4) is 5.75 Å². The van der Waals surface area contributed by atoms with E-state index < -0.39 is 0 Å². The summed E-state index contributed by atoms with van der Waals surface area (Å²) in [5, 5.41) is 2.78. The van der Waals surface area contributed by atoms with E-state index >= 15 is 0 Å². The number of amides is 2. The number of ether oxygens (including phenoxy) is 1. The highest BCUT2D eigenvalue weighted by Crippen LogP contribution is 2.15. The first-order chi connectivity index (χ1) is 15.1. The Morgan fingerprint density at radius 3 is 1.81 bits per heavy atom. The van der Waals surface area contributed by atoms with Gasteiger partial charge in [-0.15, -0.1) is 0 Å². The summed E-state index contributed by atoms with van der Waals surface area (Å²) < 4.78 is 5.78. The van der Waals surface area contributed by atoms with Gasteiger partial charge in [0.25, 0.3) is 5.91 Å². The molecule has 1 aromatic rings. The van der Waals surface area contributed by atoms with E-state index in [1.165, 1.54) is 77.0 Å². The summed E-state index contributed by atoms with van der Waals surface area (Å²) in [6.45, 7) is 3.43. The summed E-state index contributed by atoms with van der Waals surface area (Å²) in [5.74, 6) is 0.302. The zero-order valence-corrected chi connectivity index (χ0v) is 19.6. The zero-order valence-electron chi connectivity index (χ0n) is 19.6. The van der Waals surface area contributed by atoms with Crippen LogP contribution in [-0.2, 0) is 4.79 Å². The quantitative estimate of drug-likeness (QED) is 0.242. The Kier molecular flexibility index (Phi) is 16.3. The molecule has 1 aromatic carbocycles. The van der Waals surface area contributed by atoms with Crippen LogP contribution in [0.15, 0.2) is 24.3 Å². The third kappa shape index (κ3) is 15.4. The Balaban J connectivity index is 1.97. The molecule has 176 valence electrons. The molecule has 1 rings (SSSR count). The van der Waals surface area contributed by atoms with Crippen molar-refractivity contribution >= 4 is 11.8 Å². The number of carbonyl (C=O) groups is 2. The van der Waals surface area contributed by atoms with Gasteiger partial charge in [-0.1, -0.05) is 84.0 Å². The van der Waals surface area contributed by atoms with E-state index in [0.717, 1.165) is 18.8 Å². The van der Waals surface area contributed by atoms with Gasteiger partial charge in [0.05, 0.1) is 6.61 Å². The Bertz CT molecular complexity index is 587. The summed E-state index contributed by atoms with van der Waals surface area (Å²) in [6, 6.07) is 7.20. The SMILES string of the molecule is CCCCCCCCCCCCCCCOc1ccc(C(=O)NCCCC(N)=O)cc1. The van der Waals surface area contributed by atoms with E-state index in [9.17, 15) is 9.59 Å². The van der Waals surface area contributed by atoms with Crippen LogP contribution < -0.4 is 15.8 Å². The third-order valence-corrected chi connectivity index (χ3v) is 5.52. The Hall–Kier alpha value is -2.04. The lowest BCUT2D eigenvalue weighted by atomic mass is 10.0. The normalized spacial score (nSPS) is 10.7. The fourth-order valence-corrected chi connectivity index (χ4v) is 3.58. The first kappa shape index (κ1) is 27.0. The topological polar surface area (TPSA) is 81.4 Å². The van der Waals surface area contributed by atoms with Crippen LogP contribution in [0.1, 0.15) is 114 Å². The maximum Gasteiger partial charge on any atom is 0.251 e. The minimum Gasteiger partial charge on any atom is -0.494 e. The number of benzene rings is 1. The number of hydrogen-bond acceptors (Lipinski definition) is 3. The van der Waals surface area contributed by atoms with Gasteiger partial charge in [-0.25, -0.2) is 0 Å². The Morgan fingerprint density at radius 2 is 1.29 bits per heavy atom. The summed E-state index contributed by atoms with van der Waals surface area (Å²) in [6.07, 6.45) is 18.3. The molecule has 0 heterocycles. The Morgan fingerprint density at radius 1 is 0.774 bits per heavy atom. The molecule has 0 aliphatic rings. The molecule has 0 fully saturated rings. The molecule has 0 atom stereocenters.